The van der Waals surface area contributed by atoms with Gasteiger partial charge in [0.25, 0.3) is 0 Å². The molecule has 0 rings (SSSR count). The number of hydrogen-bond acceptors (Lipinski definition) is 5. The van der Waals surface area contributed by atoms with Crippen LogP contribution in [0.15, 0.2) is 97.2 Å². The van der Waals surface area contributed by atoms with Crippen LogP contribution in [0.2, 0.25) is 0 Å². The number of carbonyl (C=O) groups is 2. The molecule has 0 saturated heterocycles. The van der Waals surface area contributed by atoms with Gasteiger partial charge >= 0.3 is 11.9 Å². The van der Waals surface area contributed by atoms with E-state index in [0.29, 0.717) is 19.4 Å². The van der Waals surface area contributed by atoms with Crippen molar-refractivity contribution >= 4 is 11.9 Å². The van der Waals surface area contributed by atoms with E-state index in [9.17, 15) is 9.59 Å². The molecule has 0 aliphatic rings. The molecular formula is C61H104O5. The van der Waals surface area contributed by atoms with Crippen LogP contribution >= 0.6 is 0 Å². The van der Waals surface area contributed by atoms with Crippen molar-refractivity contribution in [3.63, 3.8) is 0 Å². The zero-order valence-corrected chi connectivity index (χ0v) is 43.4. The maximum absolute atomic E-state index is 12.8. The minimum atomic E-state index is -0.559. The fourth-order valence-corrected chi connectivity index (χ4v) is 7.55. The van der Waals surface area contributed by atoms with E-state index in [0.717, 1.165) is 122 Å². The van der Waals surface area contributed by atoms with Gasteiger partial charge in [-0.2, -0.15) is 0 Å². The first-order valence-electron chi connectivity index (χ1n) is 27.8. The topological polar surface area (TPSA) is 61.8 Å². The Kier molecular flexibility index (Phi) is 53.4. The number of esters is 2. The third kappa shape index (κ3) is 53.4. The summed E-state index contributed by atoms with van der Waals surface area (Å²) < 4.78 is 17.4. The van der Waals surface area contributed by atoms with Crippen LogP contribution in [-0.2, 0) is 23.8 Å². The quantitative estimate of drug-likeness (QED) is 0.0346. The van der Waals surface area contributed by atoms with Crippen LogP contribution < -0.4 is 0 Å². The van der Waals surface area contributed by atoms with Gasteiger partial charge in [0, 0.05) is 19.4 Å². The van der Waals surface area contributed by atoms with Gasteiger partial charge in [0.1, 0.15) is 6.61 Å². The normalized spacial score (nSPS) is 13.0. The molecule has 5 nitrogen and oxygen atoms in total. The van der Waals surface area contributed by atoms with E-state index < -0.39 is 6.10 Å². The fraction of sp³-hybridized carbons (Fsp3) is 0.705. The molecule has 0 bridgehead atoms. The Balaban J connectivity index is 4.34. The lowest BCUT2D eigenvalue weighted by molar-refractivity contribution is -0.163. The van der Waals surface area contributed by atoms with Gasteiger partial charge in [0.05, 0.1) is 6.61 Å². The molecule has 0 amide bonds. The molecule has 66 heavy (non-hydrogen) atoms. The highest BCUT2D eigenvalue weighted by molar-refractivity contribution is 5.70. The average Bonchev–Trinajstić information content (AvgIpc) is 3.32. The molecule has 0 radical (unpaired) electrons. The molecule has 5 heteroatoms. The Morgan fingerprint density at radius 3 is 1.09 bits per heavy atom. The predicted molar refractivity (Wildman–Crippen MR) is 288 cm³/mol. The van der Waals surface area contributed by atoms with Gasteiger partial charge in [0.2, 0.25) is 0 Å². The molecule has 0 aliphatic carbocycles. The van der Waals surface area contributed by atoms with Crippen LogP contribution in [-0.4, -0.2) is 37.9 Å². The molecule has 0 saturated carbocycles. The third-order valence-corrected chi connectivity index (χ3v) is 11.6. The molecule has 0 heterocycles. The predicted octanol–water partition coefficient (Wildman–Crippen LogP) is 19.0. The van der Waals surface area contributed by atoms with E-state index in [4.69, 9.17) is 14.2 Å². The van der Waals surface area contributed by atoms with Crippen molar-refractivity contribution in [2.45, 2.75) is 258 Å². The van der Waals surface area contributed by atoms with Crippen LogP contribution in [0.4, 0.5) is 0 Å². The van der Waals surface area contributed by atoms with E-state index in [1.165, 1.54) is 96.3 Å². The van der Waals surface area contributed by atoms with Crippen molar-refractivity contribution in [3.05, 3.63) is 97.2 Å². The minimum absolute atomic E-state index is 0.0650. The lowest BCUT2D eigenvalue weighted by Crippen LogP contribution is -2.30. The van der Waals surface area contributed by atoms with Crippen LogP contribution in [0.1, 0.15) is 252 Å². The van der Waals surface area contributed by atoms with Crippen molar-refractivity contribution in [1.82, 2.24) is 0 Å². The Labute approximate surface area is 409 Å². The average molecular weight is 917 g/mol. The van der Waals surface area contributed by atoms with Gasteiger partial charge in [-0.1, -0.05) is 240 Å². The Morgan fingerprint density at radius 2 is 0.682 bits per heavy atom. The van der Waals surface area contributed by atoms with Gasteiger partial charge in [-0.15, -0.1) is 0 Å². The summed E-state index contributed by atoms with van der Waals surface area (Å²) in [6, 6.07) is 0. The van der Waals surface area contributed by atoms with E-state index in [-0.39, 0.29) is 25.2 Å². The second kappa shape index (κ2) is 56.1. The van der Waals surface area contributed by atoms with Crippen molar-refractivity contribution < 1.29 is 23.8 Å². The molecule has 0 aliphatic heterocycles. The van der Waals surface area contributed by atoms with Crippen molar-refractivity contribution in [3.8, 4) is 0 Å². The summed E-state index contributed by atoms with van der Waals surface area (Å²) >= 11 is 0. The number of unbranched alkanes of at least 4 members (excludes halogenated alkanes) is 23. The summed E-state index contributed by atoms with van der Waals surface area (Å²) in [6.45, 7) is 7.58. The van der Waals surface area contributed by atoms with E-state index in [1.54, 1.807) is 0 Å². The van der Waals surface area contributed by atoms with E-state index >= 15 is 0 Å². The fourth-order valence-electron chi connectivity index (χ4n) is 7.55. The summed E-state index contributed by atoms with van der Waals surface area (Å²) in [5, 5.41) is 0. The number of rotatable bonds is 50. The van der Waals surface area contributed by atoms with Gasteiger partial charge in [-0.25, -0.2) is 0 Å². The SMILES string of the molecule is CC/C=C\C/C=C\C/C=C\C/C=C\CCCCCCCCC(=O)OCC(COCCCCCCCCCCCCCCCC)OC(=O)CCCCCC/C=C\C/C=C\C/C=C\C/C=C\CC. The zero-order valence-electron chi connectivity index (χ0n) is 43.4. The summed E-state index contributed by atoms with van der Waals surface area (Å²) in [5.74, 6) is -0.437. The van der Waals surface area contributed by atoms with Gasteiger partial charge in [-0.3, -0.25) is 9.59 Å². The molecular weight excluding hydrogens is 813 g/mol. The van der Waals surface area contributed by atoms with Crippen LogP contribution in [0.5, 0.6) is 0 Å². The lowest BCUT2D eigenvalue weighted by atomic mass is 10.0. The largest absolute Gasteiger partial charge is 0.462 e. The Hall–Kier alpha value is -3.18. The Morgan fingerprint density at radius 1 is 0.348 bits per heavy atom. The smallest absolute Gasteiger partial charge is 0.306 e. The number of ether oxygens (including phenoxy) is 3. The summed E-state index contributed by atoms with van der Waals surface area (Å²) in [6.07, 6.45) is 75.6. The van der Waals surface area contributed by atoms with Crippen LogP contribution in [0.25, 0.3) is 0 Å². The molecule has 0 fully saturated rings. The van der Waals surface area contributed by atoms with Crippen molar-refractivity contribution in [2.75, 3.05) is 19.8 Å². The maximum Gasteiger partial charge on any atom is 0.306 e. The standard InChI is InChI=1S/C61H104O5/c1-4-7-10-13-16-19-22-25-28-30-31-33-34-36-39-42-45-48-51-54-60(62)65-58-59(57-64-56-53-50-47-44-41-38-27-24-21-18-15-12-9-6-3)66-61(63)55-52-49-46-43-40-37-35-32-29-26-23-20-17-14-11-8-5-2/h7-8,10-11,16-17,19-20,25-26,28-29,31,33,35,37,59H,4-6,9,12-15,18,21-24,27,30,32,34,36,38-58H2,1-3H3/b10-7-,11-8-,19-16-,20-17-,28-25-,29-26-,33-31-,37-35-. The number of carbonyl (C=O) groups excluding carboxylic acids is 2. The summed E-state index contributed by atoms with van der Waals surface area (Å²) in [5.41, 5.74) is 0. The second-order valence-corrected chi connectivity index (χ2v) is 18.1. The van der Waals surface area contributed by atoms with Crippen molar-refractivity contribution in [1.29, 1.82) is 0 Å². The molecule has 1 atom stereocenters. The maximum atomic E-state index is 12.8. The Bertz CT molecular complexity index is 1270. The van der Waals surface area contributed by atoms with Crippen LogP contribution in [0, 0.1) is 0 Å². The second-order valence-electron chi connectivity index (χ2n) is 18.1. The monoisotopic (exact) mass is 917 g/mol. The summed E-state index contributed by atoms with van der Waals surface area (Å²) in [7, 11) is 0. The molecule has 378 valence electrons. The third-order valence-electron chi connectivity index (χ3n) is 11.6. The first-order chi connectivity index (χ1) is 32.6. The van der Waals surface area contributed by atoms with E-state index in [2.05, 4.69) is 118 Å². The highest BCUT2D eigenvalue weighted by Crippen LogP contribution is 2.15. The first-order valence-corrected chi connectivity index (χ1v) is 27.8. The van der Waals surface area contributed by atoms with Gasteiger partial charge < -0.3 is 14.2 Å². The van der Waals surface area contributed by atoms with Gasteiger partial charge in [0.15, 0.2) is 6.10 Å². The first kappa shape index (κ1) is 62.8. The molecule has 0 aromatic carbocycles. The molecule has 0 N–H and O–H groups in total. The number of allylic oxidation sites excluding steroid dienone is 16. The highest BCUT2D eigenvalue weighted by Gasteiger charge is 2.17. The minimum Gasteiger partial charge on any atom is -0.462 e. The number of hydrogen-bond donors (Lipinski definition) is 0. The summed E-state index contributed by atoms with van der Waals surface area (Å²) in [4.78, 5) is 25.5. The molecule has 0 spiro atoms. The van der Waals surface area contributed by atoms with Crippen molar-refractivity contribution in [2.24, 2.45) is 0 Å². The van der Waals surface area contributed by atoms with Crippen LogP contribution in [0.3, 0.4) is 0 Å². The van der Waals surface area contributed by atoms with E-state index in [1.807, 2.05) is 0 Å². The lowest BCUT2D eigenvalue weighted by Gasteiger charge is -2.18. The highest BCUT2D eigenvalue weighted by atomic mass is 16.6. The molecule has 0 aromatic rings. The zero-order chi connectivity index (χ0) is 47.7. The van der Waals surface area contributed by atoms with Gasteiger partial charge in [-0.05, 0) is 96.3 Å². The molecule has 0 aromatic heterocycles. The molecule has 1 unspecified atom stereocenters.